The molecular weight excluding hydrogens is 677 g/mol. The van der Waals surface area contributed by atoms with Gasteiger partial charge in [-0.25, -0.2) is 0 Å². The molecule has 9 aromatic rings. The fraction of sp³-hybridized carbons (Fsp3) is 0.0370. The Labute approximate surface area is 327 Å². The molecule has 0 fully saturated rings. The van der Waals surface area contributed by atoms with Crippen molar-refractivity contribution < 1.29 is 0 Å². The Balaban J connectivity index is 0.893. The van der Waals surface area contributed by atoms with E-state index in [1.165, 1.54) is 88.8 Å². The Bertz CT molecular complexity index is 2950. The van der Waals surface area contributed by atoms with Crippen molar-refractivity contribution in [1.29, 1.82) is 0 Å². The lowest BCUT2D eigenvalue weighted by Crippen LogP contribution is -2.27. The molecule has 8 aromatic carbocycles. The molecule has 11 rings (SSSR count). The molecule has 0 radical (unpaired) electrons. The topological polar surface area (TPSA) is 8.17 Å². The van der Waals surface area contributed by atoms with Crippen molar-refractivity contribution in [3.05, 3.63) is 223 Å². The number of hydrogen-bond donors (Lipinski definition) is 0. The molecule has 1 aliphatic carbocycles. The van der Waals surface area contributed by atoms with Crippen LogP contribution in [0.4, 0.5) is 11.4 Å². The average molecular weight is 715 g/mol. The van der Waals surface area contributed by atoms with Gasteiger partial charge in [0, 0.05) is 33.4 Å². The quantitative estimate of drug-likeness (QED) is 0.166. The van der Waals surface area contributed by atoms with E-state index in [1.807, 2.05) is 0 Å². The second kappa shape index (κ2) is 13.3. The molecule has 2 nitrogen and oxygen atoms in total. The monoisotopic (exact) mass is 714 g/mol. The van der Waals surface area contributed by atoms with E-state index in [9.17, 15) is 0 Å². The minimum Gasteiger partial charge on any atom is -0.333 e. The third-order valence-electron chi connectivity index (χ3n) is 11.7. The van der Waals surface area contributed by atoms with Gasteiger partial charge in [0.25, 0.3) is 0 Å². The fourth-order valence-electron chi connectivity index (χ4n) is 8.97. The van der Waals surface area contributed by atoms with Crippen molar-refractivity contribution in [3.8, 4) is 39.1 Å². The van der Waals surface area contributed by atoms with Crippen molar-refractivity contribution in [3.63, 3.8) is 0 Å². The van der Waals surface area contributed by atoms with E-state index in [-0.39, 0.29) is 0 Å². The smallest absolute Gasteiger partial charge is 0.0633 e. The van der Waals surface area contributed by atoms with Crippen LogP contribution in [0.2, 0.25) is 0 Å². The summed E-state index contributed by atoms with van der Waals surface area (Å²) in [7, 11) is 0. The first-order valence-corrected chi connectivity index (χ1v) is 19.5. The molecule has 0 N–H and O–H groups in total. The van der Waals surface area contributed by atoms with Gasteiger partial charge in [0.15, 0.2) is 0 Å². The van der Waals surface area contributed by atoms with E-state index in [0.29, 0.717) is 6.04 Å². The first-order chi connectivity index (χ1) is 27.8. The van der Waals surface area contributed by atoms with E-state index in [1.54, 1.807) is 0 Å². The summed E-state index contributed by atoms with van der Waals surface area (Å²) >= 11 is 0. The van der Waals surface area contributed by atoms with Crippen LogP contribution in [-0.4, -0.2) is 10.6 Å². The van der Waals surface area contributed by atoms with E-state index >= 15 is 0 Å². The molecule has 1 atom stereocenters. The highest BCUT2D eigenvalue weighted by Crippen LogP contribution is 2.49. The van der Waals surface area contributed by atoms with Crippen LogP contribution in [0.5, 0.6) is 0 Å². The molecule has 1 unspecified atom stereocenters. The Morgan fingerprint density at radius 1 is 0.393 bits per heavy atom. The number of nitrogens with zero attached hydrogens (tertiary/aromatic N) is 2. The predicted molar refractivity (Wildman–Crippen MR) is 236 cm³/mol. The van der Waals surface area contributed by atoms with Gasteiger partial charge in [0.05, 0.1) is 17.1 Å². The first-order valence-electron chi connectivity index (χ1n) is 19.5. The van der Waals surface area contributed by atoms with Crippen LogP contribution in [0.25, 0.3) is 72.0 Å². The van der Waals surface area contributed by atoms with Crippen LogP contribution in [0.3, 0.4) is 0 Å². The Morgan fingerprint density at radius 3 is 1.59 bits per heavy atom. The van der Waals surface area contributed by atoms with Crippen molar-refractivity contribution in [1.82, 2.24) is 4.57 Å². The average Bonchev–Trinajstić information content (AvgIpc) is 3.79. The van der Waals surface area contributed by atoms with Crippen molar-refractivity contribution in [2.45, 2.75) is 12.5 Å². The summed E-state index contributed by atoms with van der Waals surface area (Å²) in [5.74, 6) is 0. The van der Waals surface area contributed by atoms with Gasteiger partial charge < -0.3 is 9.47 Å². The van der Waals surface area contributed by atoms with Gasteiger partial charge in [0.1, 0.15) is 0 Å². The molecule has 0 amide bonds. The first kappa shape index (κ1) is 32.3. The van der Waals surface area contributed by atoms with Gasteiger partial charge in [-0.15, -0.1) is 0 Å². The SMILES string of the molecule is C1=C(c2ccc3c(c2)c2ccccc2n3-c2ccc(-c3ccc(-c4ccc(-c5ccccc5)cc4)cc3)cc2)C=C2c3ccccc3N(c3ccccc3)C2C1. The maximum absolute atomic E-state index is 2.51. The lowest BCUT2D eigenvalue weighted by molar-refractivity contribution is 0.831. The summed E-state index contributed by atoms with van der Waals surface area (Å²) < 4.78 is 2.41. The Kier molecular flexibility index (Phi) is 7.67. The van der Waals surface area contributed by atoms with Crippen molar-refractivity contribution in [2.75, 3.05) is 4.90 Å². The second-order valence-corrected chi connectivity index (χ2v) is 14.9. The number of hydrogen-bond acceptors (Lipinski definition) is 1. The molecule has 0 saturated carbocycles. The maximum Gasteiger partial charge on any atom is 0.0633 e. The molecular formula is C54H38N2. The summed E-state index contributed by atoms with van der Waals surface area (Å²) in [6.07, 6.45) is 5.83. The summed E-state index contributed by atoms with van der Waals surface area (Å²) in [5, 5.41) is 2.54. The molecule has 56 heavy (non-hydrogen) atoms. The lowest BCUT2D eigenvalue weighted by Gasteiger charge is -2.29. The van der Waals surface area contributed by atoms with Gasteiger partial charge in [-0.05, 0) is 111 Å². The van der Waals surface area contributed by atoms with Crippen LogP contribution in [0, 0.1) is 0 Å². The molecule has 1 aliphatic heterocycles. The van der Waals surface area contributed by atoms with Gasteiger partial charge in [-0.2, -0.15) is 0 Å². The number of aromatic nitrogens is 1. The van der Waals surface area contributed by atoms with E-state index in [2.05, 4.69) is 222 Å². The maximum atomic E-state index is 2.51. The zero-order valence-electron chi connectivity index (χ0n) is 30.9. The van der Waals surface area contributed by atoms with Crippen LogP contribution in [-0.2, 0) is 0 Å². The molecule has 2 aliphatic rings. The number of para-hydroxylation sites is 3. The van der Waals surface area contributed by atoms with E-state index in [4.69, 9.17) is 0 Å². The number of benzene rings is 8. The summed E-state index contributed by atoms with van der Waals surface area (Å²) in [6, 6.07) is 73.1. The third-order valence-corrected chi connectivity index (χ3v) is 11.7. The van der Waals surface area contributed by atoms with E-state index in [0.717, 1.165) is 12.1 Å². The summed E-state index contributed by atoms with van der Waals surface area (Å²) in [4.78, 5) is 2.51. The fourth-order valence-corrected chi connectivity index (χ4v) is 8.97. The van der Waals surface area contributed by atoms with Crippen LogP contribution in [0.1, 0.15) is 17.5 Å². The number of fused-ring (bicyclic) bond motifs is 6. The van der Waals surface area contributed by atoms with Crippen LogP contribution < -0.4 is 4.90 Å². The second-order valence-electron chi connectivity index (χ2n) is 14.9. The van der Waals surface area contributed by atoms with Crippen LogP contribution in [0.15, 0.2) is 212 Å². The lowest BCUT2D eigenvalue weighted by atomic mass is 9.89. The highest BCUT2D eigenvalue weighted by atomic mass is 15.2. The Hall–Kier alpha value is -7.16. The highest BCUT2D eigenvalue weighted by molar-refractivity contribution is 6.10. The largest absolute Gasteiger partial charge is 0.333 e. The van der Waals surface area contributed by atoms with Gasteiger partial charge in [-0.3, -0.25) is 0 Å². The minimum absolute atomic E-state index is 0.294. The van der Waals surface area contributed by atoms with Crippen LogP contribution >= 0.6 is 0 Å². The zero-order valence-corrected chi connectivity index (χ0v) is 30.9. The molecule has 2 heteroatoms. The van der Waals surface area contributed by atoms with Gasteiger partial charge in [0.2, 0.25) is 0 Å². The standard InChI is InChI=1S/C54H38N2/c1-3-11-37(12-4-1)38-19-21-39(22-20-38)40-23-25-41(26-24-40)42-27-31-46(32-28-42)56-52-18-10-8-16-48(52)50-36-44(30-34-54(50)56)43-29-33-53-49(35-43)47-15-7-9-17-51(47)55(53)45-13-5-2-6-14-45/h1-32,34-36,53H,33H2. The van der Waals surface area contributed by atoms with Gasteiger partial charge >= 0.3 is 0 Å². The predicted octanol–water partition coefficient (Wildman–Crippen LogP) is 14.2. The molecule has 0 saturated heterocycles. The molecule has 264 valence electrons. The Morgan fingerprint density at radius 2 is 0.911 bits per heavy atom. The summed E-state index contributed by atoms with van der Waals surface area (Å²) in [5.41, 5.74) is 18.7. The molecule has 2 heterocycles. The zero-order chi connectivity index (χ0) is 37.0. The third kappa shape index (κ3) is 5.41. The highest BCUT2D eigenvalue weighted by Gasteiger charge is 2.35. The normalized spacial score (nSPS) is 14.7. The molecule has 0 spiro atoms. The van der Waals surface area contributed by atoms with Crippen molar-refractivity contribution in [2.24, 2.45) is 0 Å². The van der Waals surface area contributed by atoms with E-state index < -0.39 is 0 Å². The summed E-state index contributed by atoms with van der Waals surface area (Å²) in [6.45, 7) is 0. The minimum atomic E-state index is 0.294. The number of rotatable bonds is 6. The van der Waals surface area contributed by atoms with Gasteiger partial charge in [-0.1, -0.05) is 158 Å². The number of allylic oxidation sites excluding steroid dienone is 2. The number of anilines is 2. The molecule has 1 aromatic heterocycles. The molecule has 0 bridgehead atoms. The van der Waals surface area contributed by atoms with Crippen molar-refractivity contribution >= 4 is 44.3 Å².